The van der Waals surface area contributed by atoms with E-state index in [1.807, 2.05) is 24.5 Å². The van der Waals surface area contributed by atoms with Gasteiger partial charge < -0.3 is 4.90 Å². The Balaban J connectivity index is 1.25. The Morgan fingerprint density at radius 3 is 1.90 bits per heavy atom. The second-order valence-electron chi connectivity index (χ2n) is 14.9. The van der Waals surface area contributed by atoms with Gasteiger partial charge in [0, 0.05) is 28.9 Å². The Morgan fingerprint density at radius 1 is 0.500 bits per heavy atom. The quantitative estimate of drug-likeness (QED) is 0.155. The molecule has 0 saturated carbocycles. The summed E-state index contributed by atoms with van der Waals surface area (Å²) in [7, 11) is 0. The first-order valence-electron chi connectivity index (χ1n) is 19.9. The van der Waals surface area contributed by atoms with Gasteiger partial charge in [0.2, 0.25) is 0 Å². The molecule has 11 rings (SSSR count). The van der Waals surface area contributed by atoms with Gasteiger partial charge in [0.25, 0.3) is 0 Å². The number of aromatic nitrogens is 2. The predicted molar refractivity (Wildman–Crippen MR) is 241 cm³/mol. The number of fused-ring (bicyclic) bond motifs is 1. The van der Waals surface area contributed by atoms with Crippen molar-refractivity contribution >= 4 is 61.4 Å². The highest BCUT2D eigenvalue weighted by molar-refractivity contribution is 6.15. The van der Waals surface area contributed by atoms with Gasteiger partial charge in [0.05, 0.1) is 17.4 Å². The molecule has 0 radical (unpaired) electrons. The molecule has 4 heteroatoms. The Hall–Kier alpha value is -7.56. The SMILES string of the molecule is C1=C(c2ccccc2)c2ccc3c(N(c4ccccc4)c4ccccn4)cc(-c4ccccc4)c4c3c2C(=CC4)C1N(c1ccccn1)c1cccc2ccccc12. The first kappa shape index (κ1) is 33.8. The fourth-order valence-electron chi connectivity index (χ4n) is 9.15. The van der Waals surface area contributed by atoms with Crippen LogP contribution in [0, 0.1) is 0 Å². The summed E-state index contributed by atoms with van der Waals surface area (Å²) in [6.07, 6.45) is 9.54. The van der Waals surface area contributed by atoms with Gasteiger partial charge in [-0.05, 0) is 116 Å². The molecule has 0 aliphatic heterocycles. The summed E-state index contributed by atoms with van der Waals surface area (Å²) in [6.45, 7) is 0. The summed E-state index contributed by atoms with van der Waals surface area (Å²) in [6, 6.07) is 67.0. The Bertz CT molecular complexity index is 2970. The minimum Gasteiger partial charge on any atom is -0.315 e. The van der Waals surface area contributed by atoms with E-state index in [1.54, 1.807) is 0 Å². The average molecular weight is 743 g/mol. The highest BCUT2D eigenvalue weighted by Crippen LogP contribution is 2.53. The van der Waals surface area contributed by atoms with Gasteiger partial charge in [0.15, 0.2) is 0 Å². The maximum Gasteiger partial charge on any atom is 0.137 e. The van der Waals surface area contributed by atoms with Crippen LogP contribution >= 0.6 is 0 Å². The maximum atomic E-state index is 5.05. The zero-order valence-electron chi connectivity index (χ0n) is 31.8. The monoisotopic (exact) mass is 742 g/mol. The predicted octanol–water partition coefficient (Wildman–Crippen LogP) is 13.5. The standard InChI is InChI=1S/C54H38N4/c1-4-17-38(18-5-1)46-35-49(57(40-23-8-3-9-24-40)51-27-12-14-33-55-51)44-31-29-43-47(39-19-6-2-7-20-39)36-50(45-32-30-42(46)53(44)54(43)45)58(52-28-13-15-34-56-52)48-26-16-22-37-21-10-11-25-41(37)48/h1-29,31-36,50H,30H2. The Kier molecular flexibility index (Phi) is 8.25. The number of allylic oxidation sites excluding steroid dienone is 1. The van der Waals surface area contributed by atoms with Gasteiger partial charge in [-0.2, -0.15) is 0 Å². The van der Waals surface area contributed by atoms with E-state index in [0.29, 0.717) is 0 Å². The topological polar surface area (TPSA) is 32.3 Å². The van der Waals surface area contributed by atoms with Crippen molar-refractivity contribution in [1.29, 1.82) is 0 Å². The normalized spacial score (nSPS) is 14.2. The highest BCUT2D eigenvalue weighted by Gasteiger charge is 2.36. The van der Waals surface area contributed by atoms with E-state index < -0.39 is 0 Å². The molecule has 0 bridgehead atoms. The molecule has 0 saturated heterocycles. The first-order valence-corrected chi connectivity index (χ1v) is 19.9. The summed E-state index contributed by atoms with van der Waals surface area (Å²) in [5, 5.41) is 4.86. The summed E-state index contributed by atoms with van der Waals surface area (Å²) < 4.78 is 0. The van der Waals surface area contributed by atoms with Gasteiger partial charge in [-0.3, -0.25) is 4.90 Å². The number of hydrogen-bond donors (Lipinski definition) is 0. The summed E-state index contributed by atoms with van der Waals surface area (Å²) >= 11 is 0. The molecule has 0 amide bonds. The number of rotatable bonds is 8. The van der Waals surface area contributed by atoms with Gasteiger partial charge in [0.1, 0.15) is 11.6 Å². The second kappa shape index (κ2) is 14.2. The van der Waals surface area contributed by atoms with Crippen LogP contribution in [0.5, 0.6) is 0 Å². The Morgan fingerprint density at radius 2 is 1.16 bits per heavy atom. The van der Waals surface area contributed by atoms with Crippen LogP contribution in [0.25, 0.3) is 43.8 Å². The molecule has 274 valence electrons. The van der Waals surface area contributed by atoms with Crippen LogP contribution in [-0.4, -0.2) is 16.0 Å². The van der Waals surface area contributed by atoms with Crippen molar-refractivity contribution in [3.05, 3.63) is 235 Å². The molecule has 0 spiro atoms. The zero-order chi connectivity index (χ0) is 38.4. The molecule has 2 aliphatic carbocycles. The van der Waals surface area contributed by atoms with E-state index in [2.05, 4.69) is 198 Å². The first-order chi connectivity index (χ1) is 28.8. The van der Waals surface area contributed by atoms with E-state index in [0.717, 1.165) is 35.1 Å². The third-order valence-corrected chi connectivity index (χ3v) is 11.6. The van der Waals surface area contributed by atoms with Crippen LogP contribution < -0.4 is 9.80 Å². The van der Waals surface area contributed by atoms with Crippen molar-refractivity contribution in [1.82, 2.24) is 9.97 Å². The lowest BCUT2D eigenvalue weighted by atomic mass is 9.73. The molecule has 4 nitrogen and oxygen atoms in total. The van der Waals surface area contributed by atoms with Gasteiger partial charge in [-0.15, -0.1) is 0 Å². The molecule has 1 unspecified atom stereocenters. The molecular weight excluding hydrogens is 705 g/mol. The molecule has 9 aromatic rings. The van der Waals surface area contributed by atoms with Crippen LogP contribution in [0.3, 0.4) is 0 Å². The van der Waals surface area contributed by atoms with Crippen LogP contribution in [0.2, 0.25) is 0 Å². The number of benzene rings is 7. The Labute approximate surface area is 338 Å². The van der Waals surface area contributed by atoms with E-state index in [9.17, 15) is 0 Å². The van der Waals surface area contributed by atoms with Gasteiger partial charge >= 0.3 is 0 Å². The molecular formula is C54H38N4. The number of nitrogens with zero attached hydrogens (tertiary/aromatic N) is 4. The number of para-hydroxylation sites is 1. The highest BCUT2D eigenvalue weighted by atomic mass is 15.2. The zero-order valence-corrected chi connectivity index (χ0v) is 31.8. The molecule has 2 aliphatic rings. The van der Waals surface area contributed by atoms with Crippen LogP contribution in [0.1, 0.15) is 22.3 Å². The summed E-state index contributed by atoms with van der Waals surface area (Å²) in [5.41, 5.74) is 13.2. The minimum atomic E-state index is -0.160. The summed E-state index contributed by atoms with van der Waals surface area (Å²) in [5.74, 6) is 1.77. The molecule has 1 atom stereocenters. The number of pyridine rings is 2. The van der Waals surface area contributed by atoms with Crippen LogP contribution in [0.15, 0.2) is 213 Å². The van der Waals surface area contributed by atoms with E-state index in [1.165, 1.54) is 66.1 Å². The summed E-state index contributed by atoms with van der Waals surface area (Å²) in [4.78, 5) is 14.8. The third-order valence-electron chi connectivity index (χ3n) is 11.6. The number of hydrogen-bond acceptors (Lipinski definition) is 4. The average Bonchev–Trinajstić information content (AvgIpc) is 3.30. The third kappa shape index (κ3) is 5.61. The van der Waals surface area contributed by atoms with E-state index in [4.69, 9.17) is 9.97 Å². The lowest BCUT2D eigenvalue weighted by Crippen LogP contribution is -2.34. The molecule has 58 heavy (non-hydrogen) atoms. The minimum absolute atomic E-state index is 0.160. The van der Waals surface area contributed by atoms with Crippen molar-refractivity contribution in [2.75, 3.05) is 9.80 Å². The van der Waals surface area contributed by atoms with Gasteiger partial charge in [-0.1, -0.05) is 146 Å². The number of anilines is 5. The molecule has 7 aromatic carbocycles. The molecule has 2 heterocycles. The van der Waals surface area contributed by atoms with Gasteiger partial charge in [-0.25, -0.2) is 9.97 Å². The van der Waals surface area contributed by atoms with Crippen molar-refractivity contribution in [2.24, 2.45) is 0 Å². The largest absolute Gasteiger partial charge is 0.315 e. The lowest BCUT2D eigenvalue weighted by molar-refractivity contribution is 0.927. The van der Waals surface area contributed by atoms with Crippen LogP contribution in [0.4, 0.5) is 28.7 Å². The molecule has 2 aromatic heterocycles. The fraction of sp³-hybridized carbons (Fsp3) is 0.0370. The fourth-order valence-corrected chi connectivity index (χ4v) is 9.15. The van der Waals surface area contributed by atoms with Crippen molar-refractivity contribution in [3.8, 4) is 11.1 Å². The second-order valence-corrected chi connectivity index (χ2v) is 14.9. The van der Waals surface area contributed by atoms with E-state index in [-0.39, 0.29) is 6.04 Å². The van der Waals surface area contributed by atoms with Crippen molar-refractivity contribution < 1.29 is 0 Å². The molecule has 0 fully saturated rings. The smallest absolute Gasteiger partial charge is 0.137 e. The van der Waals surface area contributed by atoms with Crippen molar-refractivity contribution in [2.45, 2.75) is 12.5 Å². The van der Waals surface area contributed by atoms with E-state index >= 15 is 0 Å². The maximum absolute atomic E-state index is 5.05. The lowest BCUT2D eigenvalue weighted by Gasteiger charge is -2.40. The van der Waals surface area contributed by atoms with Crippen molar-refractivity contribution in [3.63, 3.8) is 0 Å². The molecule has 0 N–H and O–H groups in total. The van der Waals surface area contributed by atoms with Crippen LogP contribution in [-0.2, 0) is 6.42 Å².